The quantitative estimate of drug-likeness (QED) is 0.422. The number of fused-ring (bicyclic) bond motifs is 3. The van der Waals surface area contributed by atoms with E-state index >= 15 is 0 Å². The van der Waals surface area contributed by atoms with Crippen LogP contribution in [-0.2, 0) is 6.42 Å². The van der Waals surface area contributed by atoms with Crippen molar-refractivity contribution in [2.75, 3.05) is 33.2 Å². The van der Waals surface area contributed by atoms with Crippen LogP contribution in [0.5, 0.6) is 17.2 Å². The highest BCUT2D eigenvalue weighted by molar-refractivity contribution is 5.92. The molecule has 0 fully saturated rings. The molecule has 1 aliphatic heterocycles. The molecule has 2 amide bonds. The Morgan fingerprint density at radius 3 is 2.44 bits per heavy atom. The Hall–Kier alpha value is -4.13. The summed E-state index contributed by atoms with van der Waals surface area (Å²) in [6.07, 6.45) is 0.769. The van der Waals surface area contributed by atoms with Gasteiger partial charge in [0.25, 0.3) is 0 Å². The number of carbonyl (C=O) groups is 1. The Balaban J connectivity index is 1.53. The minimum absolute atomic E-state index is 0.183. The lowest BCUT2D eigenvalue weighted by Crippen LogP contribution is -2.43. The SMILES string of the molecule is COc1ccc([C@H]2c3[nH]c4ccccc4c3CCN2C(=O)Nc2ccc(OC)c(OC)c2)cc1. The molecule has 0 bridgehead atoms. The topological polar surface area (TPSA) is 75.8 Å². The minimum atomic E-state index is -0.262. The maximum absolute atomic E-state index is 13.6. The maximum Gasteiger partial charge on any atom is 0.322 e. The number of H-pyrrole nitrogens is 1. The number of aromatic nitrogens is 1. The third-order valence-corrected chi connectivity index (χ3v) is 6.36. The van der Waals surface area contributed by atoms with Crippen molar-refractivity contribution in [3.63, 3.8) is 0 Å². The smallest absolute Gasteiger partial charge is 0.322 e. The largest absolute Gasteiger partial charge is 0.497 e. The molecule has 4 aromatic rings. The summed E-state index contributed by atoms with van der Waals surface area (Å²) in [6.45, 7) is 0.588. The van der Waals surface area contributed by atoms with Gasteiger partial charge < -0.3 is 29.4 Å². The van der Waals surface area contributed by atoms with Crippen molar-refractivity contribution in [3.8, 4) is 17.2 Å². The van der Waals surface area contributed by atoms with Crippen LogP contribution in [0, 0.1) is 0 Å². The molecule has 7 heteroatoms. The van der Waals surface area contributed by atoms with Crippen molar-refractivity contribution >= 4 is 22.6 Å². The summed E-state index contributed by atoms with van der Waals surface area (Å²) in [5, 5.41) is 4.24. The normalized spacial score (nSPS) is 15.0. The van der Waals surface area contributed by atoms with Crippen molar-refractivity contribution in [2.45, 2.75) is 12.5 Å². The van der Waals surface area contributed by atoms with Crippen LogP contribution in [0.1, 0.15) is 22.9 Å². The average molecular weight is 458 g/mol. The van der Waals surface area contributed by atoms with Gasteiger partial charge in [-0.05, 0) is 47.9 Å². The summed E-state index contributed by atoms with van der Waals surface area (Å²) < 4.78 is 16.0. The summed E-state index contributed by atoms with van der Waals surface area (Å²) in [4.78, 5) is 19.0. The van der Waals surface area contributed by atoms with E-state index in [1.165, 1.54) is 10.9 Å². The van der Waals surface area contributed by atoms with Crippen molar-refractivity contribution < 1.29 is 19.0 Å². The molecule has 1 aliphatic rings. The zero-order valence-electron chi connectivity index (χ0n) is 19.4. The zero-order chi connectivity index (χ0) is 23.7. The van der Waals surface area contributed by atoms with Crippen LogP contribution in [0.15, 0.2) is 66.7 Å². The number of urea groups is 1. The van der Waals surface area contributed by atoms with Gasteiger partial charge in [0.1, 0.15) is 5.75 Å². The van der Waals surface area contributed by atoms with Gasteiger partial charge in [-0.2, -0.15) is 0 Å². The van der Waals surface area contributed by atoms with Crippen LogP contribution in [0.3, 0.4) is 0 Å². The fraction of sp³-hybridized carbons (Fsp3) is 0.222. The lowest BCUT2D eigenvalue weighted by atomic mass is 9.92. The number of benzene rings is 3. The van der Waals surface area contributed by atoms with E-state index in [1.807, 2.05) is 35.2 Å². The van der Waals surface area contributed by atoms with Gasteiger partial charge in [-0.25, -0.2) is 4.79 Å². The highest BCUT2D eigenvalue weighted by Gasteiger charge is 2.34. The number of anilines is 1. The molecule has 1 aromatic heterocycles. The van der Waals surface area contributed by atoms with Gasteiger partial charge in [-0.3, -0.25) is 0 Å². The second-order valence-corrected chi connectivity index (χ2v) is 8.18. The summed E-state index contributed by atoms with van der Waals surface area (Å²) in [7, 11) is 4.81. The number of aromatic amines is 1. The number of methoxy groups -OCH3 is 3. The molecule has 1 atom stereocenters. The van der Waals surface area contributed by atoms with E-state index in [0.29, 0.717) is 23.7 Å². The molecular weight excluding hydrogens is 430 g/mol. The molecule has 0 unspecified atom stereocenters. The molecular formula is C27H27N3O4. The lowest BCUT2D eigenvalue weighted by Gasteiger charge is -2.36. The number of hydrogen-bond acceptors (Lipinski definition) is 4. The number of rotatable bonds is 5. The van der Waals surface area contributed by atoms with Crippen LogP contribution in [0.2, 0.25) is 0 Å². The lowest BCUT2D eigenvalue weighted by molar-refractivity contribution is 0.193. The van der Waals surface area contributed by atoms with Crippen molar-refractivity contribution in [3.05, 3.63) is 83.6 Å². The van der Waals surface area contributed by atoms with E-state index in [2.05, 4.69) is 28.5 Å². The van der Waals surface area contributed by atoms with E-state index < -0.39 is 0 Å². The van der Waals surface area contributed by atoms with Crippen LogP contribution < -0.4 is 19.5 Å². The van der Waals surface area contributed by atoms with Gasteiger partial charge >= 0.3 is 6.03 Å². The molecule has 0 radical (unpaired) electrons. The second kappa shape index (κ2) is 9.02. The fourth-order valence-electron chi connectivity index (χ4n) is 4.70. The third-order valence-electron chi connectivity index (χ3n) is 6.36. The van der Waals surface area contributed by atoms with Crippen LogP contribution >= 0.6 is 0 Å². The molecule has 5 rings (SSSR count). The predicted molar refractivity (Wildman–Crippen MR) is 132 cm³/mol. The number of nitrogens with one attached hydrogen (secondary N) is 2. The summed E-state index contributed by atoms with van der Waals surface area (Å²) in [6, 6.07) is 21.1. The number of amides is 2. The molecule has 174 valence electrons. The number of ether oxygens (including phenoxy) is 3. The Morgan fingerprint density at radius 2 is 1.71 bits per heavy atom. The van der Waals surface area contributed by atoms with Crippen molar-refractivity contribution in [2.24, 2.45) is 0 Å². The van der Waals surface area contributed by atoms with Crippen LogP contribution in [0.25, 0.3) is 10.9 Å². The van der Waals surface area contributed by atoms with Gasteiger partial charge in [0, 0.05) is 34.9 Å². The van der Waals surface area contributed by atoms with Crippen molar-refractivity contribution in [1.29, 1.82) is 0 Å². The molecule has 7 nitrogen and oxygen atoms in total. The standard InChI is InChI=1S/C27H27N3O4/c1-32-19-11-8-17(9-12-19)26-25-21(20-6-4-5-7-22(20)29-25)14-15-30(26)27(31)28-18-10-13-23(33-2)24(16-18)34-3/h4-13,16,26,29H,14-15H2,1-3H3,(H,28,31)/t26-/m0/s1. The molecule has 0 aliphatic carbocycles. The molecule has 0 saturated carbocycles. The van der Waals surface area contributed by atoms with E-state index in [1.54, 1.807) is 39.5 Å². The van der Waals surface area contributed by atoms with E-state index in [4.69, 9.17) is 14.2 Å². The number of hydrogen-bond donors (Lipinski definition) is 2. The molecule has 0 saturated heterocycles. The first kappa shape index (κ1) is 21.7. The first-order valence-corrected chi connectivity index (χ1v) is 11.2. The summed E-state index contributed by atoms with van der Waals surface area (Å²) in [5.74, 6) is 1.94. The van der Waals surface area contributed by atoms with E-state index in [0.717, 1.165) is 28.9 Å². The predicted octanol–water partition coefficient (Wildman–Crippen LogP) is 5.37. The number of nitrogens with zero attached hydrogens (tertiary/aromatic N) is 1. The first-order chi connectivity index (χ1) is 16.6. The van der Waals surface area contributed by atoms with Crippen molar-refractivity contribution in [1.82, 2.24) is 9.88 Å². The second-order valence-electron chi connectivity index (χ2n) is 8.18. The Labute approximate surface area is 198 Å². The zero-order valence-corrected chi connectivity index (χ0v) is 19.4. The first-order valence-electron chi connectivity index (χ1n) is 11.2. The van der Waals surface area contributed by atoms with Gasteiger partial charge in [0.15, 0.2) is 11.5 Å². The average Bonchev–Trinajstić information content (AvgIpc) is 3.26. The van der Waals surface area contributed by atoms with Gasteiger partial charge in [0.05, 0.1) is 27.4 Å². The fourth-order valence-corrected chi connectivity index (χ4v) is 4.70. The van der Waals surface area contributed by atoms with E-state index in [-0.39, 0.29) is 12.1 Å². The molecule has 2 N–H and O–H groups in total. The Morgan fingerprint density at radius 1 is 0.941 bits per heavy atom. The highest BCUT2D eigenvalue weighted by Crippen LogP contribution is 2.39. The summed E-state index contributed by atoms with van der Waals surface area (Å²) in [5.41, 5.74) is 5.02. The minimum Gasteiger partial charge on any atom is -0.497 e. The number of carbonyl (C=O) groups excluding carboxylic acids is 1. The monoisotopic (exact) mass is 457 g/mol. The Kier molecular flexibility index (Phi) is 5.76. The van der Waals surface area contributed by atoms with Gasteiger partial charge in [0.2, 0.25) is 0 Å². The number of para-hydroxylation sites is 1. The van der Waals surface area contributed by atoms with Gasteiger partial charge in [-0.1, -0.05) is 30.3 Å². The highest BCUT2D eigenvalue weighted by atomic mass is 16.5. The van der Waals surface area contributed by atoms with Crippen LogP contribution in [-0.4, -0.2) is 43.8 Å². The van der Waals surface area contributed by atoms with Crippen LogP contribution in [0.4, 0.5) is 10.5 Å². The Bertz CT molecular complexity index is 1330. The summed E-state index contributed by atoms with van der Waals surface area (Å²) >= 11 is 0. The molecule has 3 aromatic carbocycles. The van der Waals surface area contributed by atoms with Gasteiger partial charge in [-0.15, -0.1) is 0 Å². The van der Waals surface area contributed by atoms with E-state index in [9.17, 15) is 4.79 Å². The maximum atomic E-state index is 13.6. The third kappa shape index (κ3) is 3.79. The molecule has 34 heavy (non-hydrogen) atoms. The molecule has 0 spiro atoms. The molecule has 2 heterocycles.